The smallest absolute Gasteiger partial charge is 0.271 e. The van der Waals surface area contributed by atoms with Crippen molar-refractivity contribution in [1.29, 1.82) is 0 Å². The van der Waals surface area contributed by atoms with E-state index in [-0.39, 0.29) is 22.3 Å². The molecule has 0 saturated carbocycles. The van der Waals surface area contributed by atoms with Crippen LogP contribution in [0.15, 0.2) is 12.4 Å². The van der Waals surface area contributed by atoms with Crippen molar-refractivity contribution in [2.75, 3.05) is 39.8 Å². The van der Waals surface area contributed by atoms with E-state index in [1.807, 2.05) is 0 Å². The predicted octanol–water partition coefficient (Wildman–Crippen LogP) is 0.886. The minimum atomic E-state index is -0.221. The number of hydrogen-bond donors (Lipinski definition) is 1. The van der Waals surface area contributed by atoms with Gasteiger partial charge in [0.25, 0.3) is 5.91 Å². The van der Waals surface area contributed by atoms with Gasteiger partial charge in [-0.3, -0.25) is 9.69 Å². The van der Waals surface area contributed by atoms with Gasteiger partial charge < -0.3 is 10.2 Å². The molecule has 116 valence electrons. The molecule has 1 N–H and O–H groups in total. The largest absolute Gasteiger partial charge is 0.349 e. The minimum absolute atomic E-state index is 0.0865. The number of nitrogens with zero attached hydrogens (tertiary/aromatic N) is 4. The molecule has 1 aliphatic heterocycles. The fraction of sp³-hybridized carbons (Fsp3) is 0.643. The normalized spacial score (nSPS) is 17.7. The van der Waals surface area contributed by atoms with Crippen molar-refractivity contribution in [3.05, 3.63) is 23.2 Å². The number of piperazine rings is 1. The van der Waals surface area contributed by atoms with Crippen LogP contribution in [0.5, 0.6) is 0 Å². The molecule has 0 unspecified atom stereocenters. The van der Waals surface area contributed by atoms with Crippen LogP contribution >= 0.6 is 11.6 Å². The Bertz CT molecular complexity index is 483. The van der Waals surface area contributed by atoms with Gasteiger partial charge in [0.1, 0.15) is 10.8 Å². The lowest BCUT2D eigenvalue weighted by Crippen LogP contribution is -2.57. The number of carbonyl (C=O) groups excluding carboxylic acids is 1. The Morgan fingerprint density at radius 1 is 1.29 bits per heavy atom. The molecule has 0 aromatic carbocycles. The molecule has 0 aliphatic carbocycles. The summed E-state index contributed by atoms with van der Waals surface area (Å²) in [6.07, 6.45) is 2.77. The highest BCUT2D eigenvalue weighted by molar-refractivity contribution is 6.29. The number of amides is 1. The third kappa shape index (κ3) is 4.36. The molecule has 2 rings (SSSR count). The van der Waals surface area contributed by atoms with Crippen LogP contribution in [-0.4, -0.2) is 71.0 Å². The Morgan fingerprint density at radius 2 is 1.95 bits per heavy atom. The average molecular weight is 312 g/mol. The van der Waals surface area contributed by atoms with Crippen molar-refractivity contribution < 1.29 is 4.79 Å². The van der Waals surface area contributed by atoms with Crippen molar-refractivity contribution in [2.45, 2.75) is 19.4 Å². The van der Waals surface area contributed by atoms with Gasteiger partial charge in [-0.2, -0.15) is 0 Å². The molecule has 1 amide bonds. The third-order valence-electron chi connectivity index (χ3n) is 3.89. The van der Waals surface area contributed by atoms with Crippen LogP contribution in [0.4, 0.5) is 0 Å². The van der Waals surface area contributed by atoms with Crippen molar-refractivity contribution in [3.8, 4) is 0 Å². The van der Waals surface area contributed by atoms with Gasteiger partial charge >= 0.3 is 0 Å². The lowest BCUT2D eigenvalue weighted by Gasteiger charge is -2.43. The standard InChI is InChI=1S/C14H22ClN5O/c1-14(2,20-6-4-19(3)5-7-20)10-18-13(21)11-8-17-12(15)9-16-11/h8-9H,4-7,10H2,1-3H3,(H,18,21). The second-order valence-electron chi connectivity index (χ2n) is 6.01. The van der Waals surface area contributed by atoms with Crippen molar-refractivity contribution in [1.82, 2.24) is 25.1 Å². The molecule has 1 aromatic heterocycles. The van der Waals surface area contributed by atoms with Crippen LogP contribution in [0.25, 0.3) is 0 Å². The van der Waals surface area contributed by atoms with Gasteiger partial charge in [0, 0.05) is 38.3 Å². The zero-order valence-electron chi connectivity index (χ0n) is 12.8. The van der Waals surface area contributed by atoms with E-state index in [0.29, 0.717) is 6.54 Å². The van der Waals surface area contributed by atoms with Gasteiger partial charge in [-0.25, -0.2) is 9.97 Å². The minimum Gasteiger partial charge on any atom is -0.349 e. The maximum atomic E-state index is 12.1. The first kappa shape index (κ1) is 16.1. The van der Waals surface area contributed by atoms with E-state index >= 15 is 0 Å². The topological polar surface area (TPSA) is 61.4 Å². The molecule has 0 radical (unpaired) electrons. The number of likely N-dealkylation sites (N-methyl/N-ethyl adjacent to an activating group) is 1. The summed E-state index contributed by atoms with van der Waals surface area (Å²) in [6, 6.07) is 0. The van der Waals surface area contributed by atoms with Crippen LogP contribution in [0.1, 0.15) is 24.3 Å². The summed E-state index contributed by atoms with van der Waals surface area (Å²) in [5.74, 6) is -0.221. The zero-order valence-corrected chi connectivity index (χ0v) is 13.5. The first-order valence-electron chi connectivity index (χ1n) is 7.08. The predicted molar refractivity (Wildman–Crippen MR) is 82.5 cm³/mol. The quantitative estimate of drug-likeness (QED) is 0.894. The number of rotatable bonds is 4. The van der Waals surface area contributed by atoms with Crippen LogP contribution < -0.4 is 5.32 Å². The van der Waals surface area contributed by atoms with Crippen LogP contribution in [-0.2, 0) is 0 Å². The van der Waals surface area contributed by atoms with E-state index < -0.39 is 0 Å². The molecule has 1 aliphatic rings. The van der Waals surface area contributed by atoms with Crippen LogP contribution in [0, 0.1) is 0 Å². The summed E-state index contributed by atoms with van der Waals surface area (Å²) in [5.41, 5.74) is 0.199. The molecule has 1 saturated heterocycles. The first-order valence-corrected chi connectivity index (χ1v) is 7.45. The molecular formula is C14H22ClN5O. The second-order valence-corrected chi connectivity index (χ2v) is 6.40. The van der Waals surface area contributed by atoms with Crippen molar-refractivity contribution in [2.24, 2.45) is 0 Å². The second kappa shape index (κ2) is 6.68. The van der Waals surface area contributed by atoms with Gasteiger partial charge in [0.2, 0.25) is 0 Å². The van der Waals surface area contributed by atoms with E-state index in [1.165, 1.54) is 12.4 Å². The highest BCUT2D eigenvalue weighted by Gasteiger charge is 2.29. The lowest BCUT2D eigenvalue weighted by atomic mass is 10.0. The van der Waals surface area contributed by atoms with E-state index in [1.54, 1.807) is 0 Å². The van der Waals surface area contributed by atoms with Gasteiger partial charge in [-0.1, -0.05) is 11.6 Å². The number of halogens is 1. The molecule has 7 heteroatoms. The summed E-state index contributed by atoms with van der Waals surface area (Å²) in [6.45, 7) is 9.00. The molecule has 0 atom stereocenters. The van der Waals surface area contributed by atoms with Gasteiger partial charge in [0.15, 0.2) is 0 Å². The summed E-state index contributed by atoms with van der Waals surface area (Å²) in [7, 11) is 2.13. The Balaban J connectivity index is 1.88. The molecule has 2 heterocycles. The van der Waals surface area contributed by atoms with Gasteiger partial charge in [-0.15, -0.1) is 0 Å². The van der Waals surface area contributed by atoms with Crippen LogP contribution in [0.3, 0.4) is 0 Å². The van der Waals surface area contributed by atoms with E-state index in [2.05, 4.69) is 46.0 Å². The summed E-state index contributed by atoms with van der Waals surface area (Å²) in [4.78, 5) is 24.6. The van der Waals surface area contributed by atoms with Crippen LogP contribution in [0.2, 0.25) is 5.15 Å². The summed E-state index contributed by atoms with van der Waals surface area (Å²) >= 11 is 5.66. The number of hydrogen-bond acceptors (Lipinski definition) is 5. The molecule has 6 nitrogen and oxygen atoms in total. The fourth-order valence-electron chi connectivity index (χ4n) is 2.34. The Labute approximate surface area is 130 Å². The SMILES string of the molecule is CN1CCN(C(C)(C)CNC(=O)c2cnc(Cl)cn2)CC1. The number of nitrogens with one attached hydrogen (secondary N) is 1. The Kier molecular flexibility index (Phi) is 5.13. The van der Waals surface area contributed by atoms with Crippen molar-refractivity contribution in [3.63, 3.8) is 0 Å². The third-order valence-corrected chi connectivity index (χ3v) is 4.09. The van der Waals surface area contributed by atoms with E-state index in [0.717, 1.165) is 26.2 Å². The maximum absolute atomic E-state index is 12.1. The highest BCUT2D eigenvalue weighted by atomic mass is 35.5. The summed E-state index contributed by atoms with van der Waals surface area (Å²) < 4.78 is 0. The fourth-order valence-corrected chi connectivity index (χ4v) is 2.44. The first-order chi connectivity index (χ1) is 9.88. The molecule has 0 bridgehead atoms. The Hall–Kier alpha value is -1.24. The van der Waals surface area contributed by atoms with E-state index in [9.17, 15) is 4.79 Å². The zero-order chi connectivity index (χ0) is 15.5. The lowest BCUT2D eigenvalue weighted by molar-refractivity contribution is 0.0587. The molecule has 21 heavy (non-hydrogen) atoms. The Morgan fingerprint density at radius 3 is 2.52 bits per heavy atom. The molecule has 1 fully saturated rings. The van der Waals surface area contributed by atoms with Crippen molar-refractivity contribution >= 4 is 17.5 Å². The summed E-state index contributed by atoms with van der Waals surface area (Å²) in [5, 5.41) is 3.21. The number of carbonyl (C=O) groups is 1. The van der Waals surface area contributed by atoms with E-state index in [4.69, 9.17) is 11.6 Å². The number of aromatic nitrogens is 2. The van der Waals surface area contributed by atoms with Gasteiger partial charge in [-0.05, 0) is 20.9 Å². The molecule has 0 spiro atoms. The maximum Gasteiger partial charge on any atom is 0.271 e. The highest BCUT2D eigenvalue weighted by Crippen LogP contribution is 2.15. The molecular weight excluding hydrogens is 290 g/mol. The van der Waals surface area contributed by atoms with Gasteiger partial charge in [0.05, 0.1) is 12.4 Å². The molecule has 1 aromatic rings. The monoisotopic (exact) mass is 311 g/mol. The average Bonchev–Trinajstić information content (AvgIpc) is 2.46.